The van der Waals surface area contributed by atoms with Crippen LogP contribution in [0.5, 0.6) is 0 Å². The van der Waals surface area contributed by atoms with Gasteiger partial charge in [-0.05, 0) is 6.42 Å². The van der Waals surface area contributed by atoms with Crippen molar-refractivity contribution < 1.29 is 9.84 Å². The summed E-state index contributed by atoms with van der Waals surface area (Å²) < 4.78 is 7.29. The van der Waals surface area contributed by atoms with E-state index in [-0.39, 0.29) is 12.6 Å². The van der Waals surface area contributed by atoms with Gasteiger partial charge in [-0.2, -0.15) is 5.10 Å². The van der Waals surface area contributed by atoms with E-state index in [1.165, 1.54) is 0 Å². The van der Waals surface area contributed by atoms with Crippen LogP contribution < -0.4 is 0 Å². The minimum atomic E-state index is 0.0792. The smallest absolute Gasteiger partial charge is 0.141 e. The molecule has 0 spiro atoms. The Morgan fingerprint density at radius 1 is 1.59 bits per heavy atom. The molecule has 0 saturated carbocycles. The zero-order valence-corrected chi connectivity index (χ0v) is 10.2. The predicted octanol–water partition coefficient (Wildman–Crippen LogP) is -0.119. The molecule has 1 aliphatic rings. The summed E-state index contributed by atoms with van der Waals surface area (Å²) in [4.78, 5) is 6.49. The van der Waals surface area contributed by atoms with E-state index in [0.29, 0.717) is 6.61 Å². The van der Waals surface area contributed by atoms with Gasteiger partial charge in [0.05, 0.1) is 32.4 Å². The van der Waals surface area contributed by atoms with Gasteiger partial charge in [-0.15, -0.1) is 0 Å². The van der Waals surface area contributed by atoms with Gasteiger partial charge >= 0.3 is 0 Å². The Labute approximate surface area is 101 Å². The van der Waals surface area contributed by atoms with E-state index in [0.717, 1.165) is 38.5 Å². The fourth-order valence-corrected chi connectivity index (χ4v) is 2.06. The summed E-state index contributed by atoms with van der Waals surface area (Å²) in [5.74, 6) is 0.965. The van der Waals surface area contributed by atoms with Crippen LogP contribution in [0.15, 0.2) is 6.33 Å². The first-order chi connectivity index (χ1) is 8.35. The van der Waals surface area contributed by atoms with Gasteiger partial charge in [-0.1, -0.05) is 6.92 Å². The second kappa shape index (κ2) is 6.09. The van der Waals surface area contributed by atoms with Crippen molar-refractivity contribution >= 4 is 0 Å². The average molecular weight is 240 g/mol. The maximum absolute atomic E-state index is 9.30. The van der Waals surface area contributed by atoms with Crippen LogP contribution in [0.3, 0.4) is 0 Å². The van der Waals surface area contributed by atoms with E-state index in [1.54, 1.807) is 6.33 Å². The molecule has 6 nitrogen and oxygen atoms in total. The molecule has 2 heterocycles. The molecule has 1 fully saturated rings. The highest BCUT2D eigenvalue weighted by molar-refractivity contribution is 4.87. The van der Waals surface area contributed by atoms with Crippen molar-refractivity contribution in [2.45, 2.75) is 32.5 Å². The number of aliphatic hydroxyl groups excluding tert-OH is 1. The highest BCUT2D eigenvalue weighted by Crippen LogP contribution is 2.10. The van der Waals surface area contributed by atoms with Crippen molar-refractivity contribution in [3.8, 4) is 0 Å². The summed E-state index contributed by atoms with van der Waals surface area (Å²) in [5.41, 5.74) is 0. The normalized spacial score (nSPS) is 21.9. The van der Waals surface area contributed by atoms with Crippen LogP contribution in [0, 0.1) is 0 Å². The highest BCUT2D eigenvalue weighted by Gasteiger charge is 2.23. The van der Waals surface area contributed by atoms with E-state index >= 15 is 0 Å². The molecule has 0 amide bonds. The van der Waals surface area contributed by atoms with E-state index in [4.69, 9.17) is 4.74 Å². The van der Waals surface area contributed by atoms with E-state index in [1.807, 2.05) is 4.68 Å². The molecule has 0 aromatic carbocycles. The fraction of sp³-hybridized carbons (Fsp3) is 0.818. The zero-order valence-electron chi connectivity index (χ0n) is 10.2. The number of morpholine rings is 1. The SMILES string of the molecule is CCCn1ncnc1CN1CCOCC1CO. The Morgan fingerprint density at radius 3 is 3.24 bits per heavy atom. The van der Waals surface area contributed by atoms with Crippen LogP contribution in [0.4, 0.5) is 0 Å². The first-order valence-electron chi connectivity index (χ1n) is 6.14. The van der Waals surface area contributed by atoms with E-state index in [2.05, 4.69) is 21.9 Å². The van der Waals surface area contributed by atoms with Crippen molar-refractivity contribution in [1.82, 2.24) is 19.7 Å². The van der Waals surface area contributed by atoms with Crippen LogP contribution in [0.25, 0.3) is 0 Å². The molecule has 1 unspecified atom stereocenters. The van der Waals surface area contributed by atoms with Crippen LogP contribution in [-0.4, -0.2) is 57.2 Å². The minimum Gasteiger partial charge on any atom is -0.395 e. The van der Waals surface area contributed by atoms with Crippen molar-refractivity contribution in [2.75, 3.05) is 26.4 Å². The summed E-state index contributed by atoms with van der Waals surface area (Å²) in [6.07, 6.45) is 2.64. The summed E-state index contributed by atoms with van der Waals surface area (Å²) >= 11 is 0. The lowest BCUT2D eigenvalue weighted by molar-refractivity contribution is -0.0327. The number of aliphatic hydroxyl groups is 1. The topological polar surface area (TPSA) is 63.4 Å². The highest BCUT2D eigenvalue weighted by atomic mass is 16.5. The first-order valence-corrected chi connectivity index (χ1v) is 6.14. The number of rotatable bonds is 5. The van der Waals surface area contributed by atoms with Crippen molar-refractivity contribution in [2.24, 2.45) is 0 Å². The Bertz CT molecular complexity index is 342. The quantitative estimate of drug-likeness (QED) is 0.777. The maximum atomic E-state index is 9.30. The Morgan fingerprint density at radius 2 is 2.47 bits per heavy atom. The number of aromatic nitrogens is 3. The number of nitrogens with zero attached hydrogens (tertiary/aromatic N) is 4. The van der Waals surface area contributed by atoms with Crippen LogP contribution in [0.2, 0.25) is 0 Å². The van der Waals surface area contributed by atoms with Crippen molar-refractivity contribution in [1.29, 1.82) is 0 Å². The molecular weight excluding hydrogens is 220 g/mol. The molecule has 1 aromatic rings. The Kier molecular flexibility index (Phi) is 4.47. The van der Waals surface area contributed by atoms with Gasteiger partial charge in [-0.25, -0.2) is 9.67 Å². The van der Waals surface area contributed by atoms with Gasteiger partial charge in [0.15, 0.2) is 0 Å². The lowest BCUT2D eigenvalue weighted by Gasteiger charge is -2.33. The summed E-state index contributed by atoms with van der Waals surface area (Å²) in [6.45, 7) is 6.03. The number of aryl methyl sites for hydroxylation is 1. The molecule has 17 heavy (non-hydrogen) atoms. The maximum Gasteiger partial charge on any atom is 0.141 e. The van der Waals surface area contributed by atoms with Crippen molar-refractivity contribution in [3.05, 3.63) is 12.2 Å². The number of hydrogen-bond donors (Lipinski definition) is 1. The minimum absolute atomic E-state index is 0.0792. The lowest BCUT2D eigenvalue weighted by Crippen LogP contribution is -2.47. The largest absolute Gasteiger partial charge is 0.395 e. The van der Waals surface area contributed by atoms with Gasteiger partial charge in [-0.3, -0.25) is 4.90 Å². The van der Waals surface area contributed by atoms with Crippen molar-refractivity contribution in [3.63, 3.8) is 0 Å². The molecule has 0 bridgehead atoms. The molecule has 1 aromatic heterocycles. The molecule has 0 radical (unpaired) electrons. The van der Waals surface area contributed by atoms with Crippen LogP contribution >= 0.6 is 0 Å². The number of ether oxygens (including phenoxy) is 1. The molecule has 96 valence electrons. The molecule has 1 aliphatic heterocycles. The van der Waals surface area contributed by atoms with Gasteiger partial charge in [0.2, 0.25) is 0 Å². The molecule has 1 N–H and O–H groups in total. The van der Waals surface area contributed by atoms with E-state index in [9.17, 15) is 5.11 Å². The van der Waals surface area contributed by atoms with Crippen LogP contribution in [0.1, 0.15) is 19.2 Å². The average Bonchev–Trinajstić information content (AvgIpc) is 2.78. The molecule has 1 atom stereocenters. The fourth-order valence-electron chi connectivity index (χ4n) is 2.06. The number of hydrogen-bond acceptors (Lipinski definition) is 5. The Balaban J connectivity index is 2.00. The lowest BCUT2D eigenvalue weighted by atomic mass is 10.2. The summed E-state index contributed by atoms with van der Waals surface area (Å²) in [5, 5.41) is 13.5. The first kappa shape index (κ1) is 12.5. The third-order valence-corrected chi connectivity index (χ3v) is 3.04. The molecule has 0 aliphatic carbocycles. The third-order valence-electron chi connectivity index (χ3n) is 3.04. The predicted molar refractivity (Wildman–Crippen MR) is 62.4 cm³/mol. The molecule has 2 rings (SSSR count). The standard InChI is InChI=1S/C11H20N4O2/c1-2-3-15-11(12-9-13-15)6-14-4-5-17-8-10(14)7-16/h9-10,16H,2-8H2,1H3. The van der Waals surface area contributed by atoms with Gasteiger partial charge in [0, 0.05) is 13.1 Å². The molecule has 1 saturated heterocycles. The third kappa shape index (κ3) is 3.02. The molecular formula is C11H20N4O2. The van der Waals surface area contributed by atoms with Gasteiger partial charge in [0.25, 0.3) is 0 Å². The summed E-state index contributed by atoms with van der Waals surface area (Å²) in [6, 6.07) is 0.0792. The van der Waals surface area contributed by atoms with Gasteiger partial charge in [0.1, 0.15) is 12.2 Å². The Hall–Kier alpha value is -0.980. The molecule has 6 heteroatoms. The zero-order chi connectivity index (χ0) is 12.1. The summed E-state index contributed by atoms with van der Waals surface area (Å²) in [7, 11) is 0. The second-order valence-corrected chi connectivity index (χ2v) is 4.28. The second-order valence-electron chi connectivity index (χ2n) is 4.28. The van der Waals surface area contributed by atoms with Crippen LogP contribution in [-0.2, 0) is 17.8 Å². The van der Waals surface area contributed by atoms with E-state index < -0.39 is 0 Å². The monoisotopic (exact) mass is 240 g/mol. The van der Waals surface area contributed by atoms with Gasteiger partial charge < -0.3 is 9.84 Å².